The van der Waals surface area contributed by atoms with Gasteiger partial charge in [-0.2, -0.15) is 0 Å². The van der Waals surface area contributed by atoms with Crippen LogP contribution >= 0.6 is 0 Å². The maximum Gasteiger partial charge on any atom is 0.254 e. The number of benzene rings is 1. The van der Waals surface area contributed by atoms with Crippen molar-refractivity contribution in [3.8, 4) is 0 Å². The third-order valence-electron chi connectivity index (χ3n) is 4.88. The molecule has 0 saturated heterocycles. The van der Waals surface area contributed by atoms with E-state index in [0.29, 0.717) is 18.4 Å². The number of alkyl halides is 2. The summed E-state index contributed by atoms with van der Waals surface area (Å²) in [5, 5.41) is 0.818. The van der Waals surface area contributed by atoms with Gasteiger partial charge in [-0.25, -0.2) is 8.78 Å². The molecule has 0 unspecified atom stereocenters. The first-order chi connectivity index (χ1) is 11.3. The lowest BCUT2D eigenvalue weighted by Crippen LogP contribution is -2.41. The van der Waals surface area contributed by atoms with Crippen LogP contribution in [0.5, 0.6) is 0 Å². The molecule has 1 heterocycles. The molecule has 1 aromatic carbocycles. The number of aryl methyl sites for hydroxylation is 2. The Morgan fingerprint density at radius 3 is 2.54 bits per heavy atom. The molecular weight excluding hydrogens is 310 g/mol. The van der Waals surface area contributed by atoms with Crippen LogP contribution in [0, 0.1) is 13.8 Å². The second kappa shape index (κ2) is 6.11. The zero-order valence-corrected chi connectivity index (χ0v) is 14.3. The Balaban J connectivity index is 1.92. The number of fused-ring (bicyclic) bond motifs is 1. The number of halogens is 2. The Morgan fingerprint density at radius 2 is 1.88 bits per heavy atom. The summed E-state index contributed by atoms with van der Waals surface area (Å²) in [6.07, 6.45) is 0.390. The summed E-state index contributed by atoms with van der Waals surface area (Å²) in [6, 6.07) is 7.49. The van der Waals surface area contributed by atoms with Gasteiger partial charge in [-0.05, 0) is 44.9 Å². The third kappa shape index (κ3) is 3.25. The van der Waals surface area contributed by atoms with Crippen LogP contribution < -0.4 is 0 Å². The number of amides is 1. The highest BCUT2D eigenvalue weighted by Gasteiger charge is 2.37. The van der Waals surface area contributed by atoms with Gasteiger partial charge in [0.2, 0.25) is 5.92 Å². The minimum absolute atomic E-state index is 0.119. The fourth-order valence-corrected chi connectivity index (χ4v) is 3.42. The van der Waals surface area contributed by atoms with Gasteiger partial charge in [0, 0.05) is 37.0 Å². The van der Waals surface area contributed by atoms with Gasteiger partial charge in [0.1, 0.15) is 0 Å². The molecule has 128 valence electrons. The molecule has 5 heteroatoms. The summed E-state index contributed by atoms with van der Waals surface area (Å²) in [5.41, 5.74) is 3.22. The minimum atomic E-state index is -2.59. The number of rotatable bonds is 2. The van der Waals surface area contributed by atoms with E-state index < -0.39 is 5.92 Å². The second-order valence-electron chi connectivity index (χ2n) is 6.83. The molecule has 0 spiro atoms. The fourth-order valence-electron chi connectivity index (χ4n) is 3.42. The SMILES string of the molecule is Cc1ccc2nc(C)cc(C(=O)N(C)C3CCC(F)(F)CC3)c2c1. The van der Waals surface area contributed by atoms with Crippen LogP contribution in [0.3, 0.4) is 0 Å². The zero-order chi connectivity index (χ0) is 17.5. The highest BCUT2D eigenvalue weighted by Crippen LogP contribution is 2.35. The number of hydrogen-bond donors (Lipinski definition) is 0. The fraction of sp³-hybridized carbons (Fsp3) is 0.474. The molecule has 1 amide bonds. The summed E-state index contributed by atoms with van der Waals surface area (Å²) in [5.74, 6) is -2.71. The quantitative estimate of drug-likeness (QED) is 0.811. The monoisotopic (exact) mass is 332 g/mol. The number of pyridine rings is 1. The number of carbonyl (C=O) groups excluding carboxylic acids is 1. The van der Waals surface area contributed by atoms with Crippen molar-refractivity contribution in [3.05, 3.63) is 41.1 Å². The predicted molar refractivity (Wildman–Crippen MR) is 90.5 cm³/mol. The van der Waals surface area contributed by atoms with Crippen molar-refractivity contribution in [2.75, 3.05) is 7.05 Å². The number of aromatic nitrogens is 1. The highest BCUT2D eigenvalue weighted by molar-refractivity contribution is 6.06. The Labute approximate surface area is 140 Å². The molecule has 0 bridgehead atoms. The smallest absolute Gasteiger partial charge is 0.254 e. The molecule has 1 saturated carbocycles. The van der Waals surface area contributed by atoms with Crippen LogP contribution in [0.2, 0.25) is 0 Å². The average molecular weight is 332 g/mol. The molecule has 0 radical (unpaired) electrons. The highest BCUT2D eigenvalue weighted by atomic mass is 19.3. The van der Waals surface area contributed by atoms with E-state index in [1.165, 1.54) is 0 Å². The third-order valence-corrected chi connectivity index (χ3v) is 4.88. The normalized spacial score (nSPS) is 17.9. The van der Waals surface area contributed by atoms with Gasteiger partial charge in [-0.1, -0.05) is 11.6 Å². The van der Waals surface area contributed by atoms with Gasteiger partial charge in [-0.15, -0.1) is 0 Å². The van der Waals surface area contributed by atoms with Crippen LogP contribution in [0.25, 0.3) is 10.9 Å². The standard InChI is InChI=1S/C19H22F2N2O/c1-12-4-5-17-15(10-12)16(11-13(2)22-17)18(24)23(3)14-6-8-19(20,21)9-7-14/h4-5,10-11,14H,6-9H2,1-3H3. The van der Waals surface area contributed by atoms with Gasteiger partial charge in [0.15, 0.2) is 0 Å². The predicted octanol–water partition coefficient (Wildman–Crippen LogP) is 4.50. The summed E-state index contributed by atoms with van der Waals surface area (Å²) < 4.78 is 26.7. The molecule has 0 N–H and O–H groups in total. The van der Waals surface area contributed by atoms with Gasteiger partial charge in [0.25, 0.3) is 5.91 Å². The Morgan fingerprint density at radius 1 is 1.21 bits per heavy atom. The van der Waals surface area contributed by atoms with Gasteiger partial charge in [0.05, 0.1) is 11.1 Å². The van der Waals surface area contributed by atoms with Crippen LogP contribution in [0.1, 0.15) is 47.3 Å². The molecule has 3 nitrogen and oxygen atoms in total. The summed E-state index contributed by atoms with van der Waals surface area (Å²) in [7, 11) is 1.72. The lowest BCUT2D eigenvalue weighted by molar-refractivity contribution is -0.0490. The minimum Gasteiger partial charge on any atom is -0.339 e. The van der Waals surface area contributed by atoms with E-state index in [0.717, 1.165) is 22.2 Å². The van der Waals surface area contributed by atoms with Crippen LogP contribution in [-0.2, 0) is 0 Å². The van der Waals surface area contributed by atoms with Gasteiger partial charge < -0.3 is 4.90 Å². The lowest BCUT2D eigenvalue weighted by atomic mass is 9.91. The van der Waals surface area contributed by atoms with Crippen molar-refractivity contribution in [1.29, 1.82) is 0 Å². The first-order valence-electron chi connectivity index (χ1n) is 8.30. The maximum absolute atomic E-state index is 13.4. The van der Waals surface area contributed by atoms with Crippen molar-refractivity contribution in [3.63, 3.8) is 0 Å². The summed E-state index contributed by atoms with van der Waals surface area (Å²) in [4.78, 5) is 19.1. The van der Waals surface area contributed by atoms with Crippen molar-refractivity contribution < 1.29 is 13.6 Å². The summed E-state index contributed by atoms with van der Waals surface area (Å²) in [6.45, 7) is 3.83. The molecule has 1 aliphatic rings. The molecular formula is C19H22F2N2O. The van der Waals surface area contributed by atoms with E-state index in [1.54, 1.807) is 18.0 Å². The van der Waals surface area contributed by atoms with Gasteiger partial charge >= 0.3 is 0 Å². The topological polar surface area (TPSA) is 33.2 Å². The molecule has 0 atom stereocenters. The summed E-state index contributed by atoms with van der Waals surface area (Å²) >= 11 is 0. The largest absolute Gasteiger partial charge is 0.339 e. The van der Waals surface area contributed by atoms with E-state index in [-0.39, 0.29) is 24.8 Å². The second-order valence-corrected chi connectivity index (χ2v) is 6.83. The molecule has 24 heavy (non-hydrogen) atoms. The molecule has 1 aromatic heterocycles. The number of nitrogens with zero attached hydrogens (tertiary/aromatic N) is 2. The Kier molecular flexibility index (Phi) is 4.28. The van der Waals surface area contributed by atoms with Crippen molar-refractivity contribution in [2.45, 2.75) is 51.5 Å². The molecule has 3 rings (SSSR count). The Bertz CT molecular complexity index is 778. The molecule has 1 aliphatic carbocycles. The van der Waals surface area contributed by atoms with E-state index in [9.17, 15) is 13.6 Å². The van der Waals surface area contributed by atoms with E-state index >= 15 is 0 Å². The van der Waals surface area contributed by atoms with Crippen molar-refractivity contribution in [1.82, 2.24) is 9.88 Å². The van der Waals surface area contributed by atoms with Crippen LogP contribution in [0.4, 0.5) is 8.78 Å². The zero-order valence-electron chi connectivity index (χ0n) is 14.3. The first kappa shape index (κ1) is 16.8. The van der Waals surface area contributed by atoms with E-state index in [1.807, 2.05) is 32.0 Å². The van der Waals surface area contributed by atoms with Gasteiger partial charge in [-0.3, -0.25) is 9.78 Å². The first-order valence-corrected chi connectivity index (χ1v) is 8.30. The number of hydrogen-bond acceptors (Lipinski definition) is 2. The maximum atomic E-state index is 13.4. The van der Waals surface area contributed by atoms with Crippen molar-refractivity contribution >= 4 is 16.8 Å². The molecule has 2 aromatic rings. The van der Waals surface area contributed by atoms with Crippen LogP contribution in [-0.4, -0.2) is 34.8 Å². The van der Waals surface area contributed by atoms with Crippen molar-refractivity contribution in [2.24, 2.45) is 0 Å². The lowest BCUT2D eigenvalue weighted by Gasteiger charge is -2.34. The van der Waals surface area contributed by atoms with Crippen LogP contribution in [0.15, 0.2) is 24.3 Å². The number of carbonyl (C=O) groups is 1. The van der Waals surface area contributed by atoms with E-state index in [2.05, 4.69) is 4.98 Å². The molecule has 0 aliphatic heterocycles. The molecule has 1 fully saturated rings. The average Bonchev–Trinajstić information content (AvgIpc) is 2.53. The Hall–Kier alpha value is -2.04. The van der Waals surface area contributed by atoms with E-state index in [4.69, 9.17) is 0 Å².